The van der Waals surface area contributed by atoms with Crippen LogP contribution in [0.15, 0.2) is 35.5 Å². The van der Waals surface area contributed by atoms with Gasteiger partial charge in [-0.3, -0.25) is 0 Å². The number of aromatic hydroxyl groups is 2. The molecule has 2 heterocycles. The van der Waals surface area contributed by atoms with Crippen LogP contribution in [0.3, 0.4) is 0 Å². The van der Waals surface area contributed by atoms with Crippen LogP contribution < -0.4 is 0 Å². The number of epoxide rings is 1. The minimum atomic E-state index is -0.734. The van der Waals surface area contributed by atoms with Gasteiger partial charge < -0.3 is 24.5 Å². The van der Waals surface area contributed by atoms with E-state index in [1.807, 2.05) is 12.2 Å². The first-order valence-corrected chi connectivity index (χ1v) is 8.83. The summed E-state index contributed by atoms with van der Waals surface area (Å²) in [5.74, 6) is -1.50. The van der Waals surface area contributed by atoms with E-state index in [2.05, 4.69) is 5.16 Å². The molecule has 1 fully saturated rings. The molecular weight excluding hydrogens is 374 g/mol. The molecule has 0 radical (unpaired) electrons. The smallest absolute Gasteiger partial charge is 0.342 e. The maximum atomic E-state index is 12.7. The number of carbonyl (C=O) groups is 1. The molecule has 1 saturated heterocycles. The summed E-state index contributed by atoms with van der Waals surface area (Å²) in [6.45, 7) is 1.75. The van der Waals surface area contributed by atoms with Crippen molar-refractivity contribution in [1.82, 2.24) is 0 Å². The molecule has 8 heteroatoms. The summed E-state index contributed by atoms with van der Waals surface area (Å²) in [5, 5.41) is 24.1. The Kier molecular flexibility index (Phi) is 5.72. The van der Waals surface area contributed by atoms with Crippen molar-refractivity contribution in [2.45, 2.75) is 38.1 Å². The highest BCUT2D eigenvalue weighted by molar-refractivity contribution is 6.33. The predicted octanol–water partition coefficient (Wildman–Crippen LogP) is 3.12. The van der Waals surface area contributed by atoms with E-state index in [9.17, 15) is 15.0 Å². The van der Waals surface area contributed by atoms with Crippen molar-refractivity contribution in [3.8, 4) is 11.5 Å². The molecule has 3 atom stereocenters. The molecule has 0 saturated carbocycles. The second-order valence-corrected chi connectivity index (χ2v) is 6.74. The third kappa shape index (κ3) is 4.43. The quantitative estimate of drug-likeness (QED) is 0.432. The Morgan fingerprint density at radius 3 is 2.81 bits per heavy atom. The Balaban J connectivity index is 2.06. The van der Waals surface area contributed by atoms with Gasteiger partial charge in [0, 0.05) is 18.9 Å². The molecule has 27 heavy (non-hydrogen) atoms. The minimum Gasteiger partial charge on any atom is -0.507 e. The highest BCUT2D eigenvalue weighted by Crippen LogP contribution is 2.38. The van der Waals surface area contributed by atoms with Crippen molar-refractivity contribution >= 4 is 23.3 Å². The molecule has 2 aliphatic heterocycles. The summed E-state index contributed by atoms with van der Waals surface area (Å²) in [6.07, 6.45) is 7.29. The molecule has 3 rings (SSSR count). The third-order valence-corrected chi connectivity index (χ3v) is 4.71. The summed E-state index contributed by atoms with van der Waals surface area (Å²) in [7, 11) is 1.39. The van der Waals surface area contributed by atoms with Crippen LogP contribution in [0.2, 0.25) is 5.02 Å². The van der Waals surface area contributed by atoms with E-state index in [1.165, 1.54) is 7.11 Å². The van der Waals surface area contributed by atoms with E-state index >= 15 is 0 Å². The number of hydrogen-bond acceptors (Lipinski definition) is 7. The van der Waals surface area contributed by atoms with E-state index in [0.29, 0.717) is 12.1 Å². The molecule has 144 valence electrons. The number of allylic oxidation sites excluding steroid dienone is 3. The van der Waals surface area contributed by atoms with Gasteiger partial charge in [-0.2, -0.15) is 0 Å². The number of fused-ring (bicyclic) bond motifs is 2. The van der Waals surface area contributed by atoms with Crippen LogP contribution >= 0.6 is 11.6 Å². The lowest BCUT2D eigenvalue weighted by Crippen LogP contribution is -2.19. The molecule has 0 spiro atoms. The fourth-order valence-corrected chi connectivity index (χ4v) is 3.19. The van der Waals surface area contributed by atoms with Gasteiger partial charge >= 0.3 is 5.97 Å². The van der Waals surface area contributed by atoms with E-state index in [-0.39, 0.29) is 40.5 Å². The number of hydrogen-bond donors (Lipinski definition) is 2. The second kappa shape index (κ2) is 8.02. The maximum Gasteiger partial charge on any atom is 0.342 e. The van der Waals surface area contributed by atoms with Gasteiger partial charge in [-0.1, -0.05) is 35.0 Å². The maximum absolute atomic E-state index is 12.7. The summed E-state index contributed by atoms with van der Waals surface area (Å²) < 4.78 is 11.0. The Bertz CT molecular complexity index is 832. The van der Waals surface area contributed by atoms with Crippen molar-refractivity contribution in [2.75, 3.05) is 7.11 Å². The number of rotatable bonds is 1. The molecule has 0 aliphatic carbocycles. The first-order chi connectivity index (χ1) is 12.9. The van der Waals surface area contributed by atoms with E-state index < -0.39 is 17.8 Å². The van der Waals surface area contributed by atoms with Gasteiger partial charge in [0.2, 0.25) is 0 Å². The van der Waals surface area contributed by atoms with Crippen LogP contribution in [-0.2, 0) is 20.7 Å². The van der Waals surface area contributed by atoms with E-state index in [4.69, 9.17) is 25.9 Å². The summed E-state index contributed by atoms with van der Waals surface area (Å²) in [5.41, 5.74) is 0.526. The van der Waals surface area contributed by atoms with Gasteiger partial charge in [0.15, 0.2) is 0 Å². The van der Waals surface area contributed by atoms with Crippen molar-refractivity contribution < 1.29 is 29.3 Å². The van der Waals surface area contributed by atoms with Gasteiger partial charge in [0.1, 0.15) is 36.4 Å². The lowest BCUT2D eigenvalue weighted by molar-refractivity contribution is 0.0306. The average Bonchev–Trinajstić information content (AvgIpc) is 3.32. The van der Waals surface area contributed by atoms with Crippen LogP contribution in [-0.4, -0.2) is 47.3 Å². The molecule has 0 bridgehead atoms. The van der Waals surface area contributed by atoms with E-state index in [0.717, 1.165) is 6.07 Å². The van der Waals surface area contributed by atoms with Crippen molar-refractivity contribution in [3.63, 3.8) is 0 Å². The third-order valence-electron chi connectivity index (χ3n) is 4.29. The SMILES string of the molecule is CO/N=C1/C=C/C=C\[C@@H]2O[C@H]2C[C@@H](C)OC(=O)c2c(O)cc(O)c(Cl)c2C1. The number of nitrogens with zero attached hydrogens (tertiary/aromatic N) is 1. The first-order valence-electron chi connectivity index (χ1n) is 8.45. The molecule has 7 nitrogen and oxygen atoms in total. The van der Waals surface area contributed by atoms with Gasteiger partial charge in [0.25, 0.3) is 0 Å². The lowest BCUT2D eigenvalue weighted by atomic mass is 9.99. The van der Waals surface area contributed by atoms with Gasteiger partial charge in [-0.05, 0) is 18.6 Å². The van der Waals surface area contributed by atoms with Crippen molar-refractivity contribution in [3.05, 3.63) is 46.5 Å². The average molecular weight is 394 g/mol. The summed E-state index contributed by atoms with van der Waals surface area (Å²) in [6, 6.07) is 1.02. The zero-order valence-electron chi connectivity index (χ0n) is 14.9. The zero-order valence-corrected chi connectivity index (χ0v) is 15.6. The van der Waals surface area contributed by atoms with Crippen LogP contribution in [0, 0.1) is 0 Å². The normalized spacial score (nSPS) is 29.1. The van der Waals surface area contributed by atoms with E-state index in [1.54, 1.807) is 19.1 Å². The Morgan fingerprint density at radius 1 is 1.30 bits per heavy atom. The topological polar surface area (TPSA) is 101 Å². The first kappa shape index (κ1) is 19.3. The number of carbonyl (C=O) groups excluding carboxylic acids is 1. The van der Waals surface area contributed by atoms with Crippen LogP contribution in [0.4, 0.5) is 0 Å². The zero-order chi connectivity index (χ0) is 19.6. The predicted molar refractivity (Wildman–Crippen MR) is 99.4 cm³/mol. The number of phenolic OH excluding ortho intramolecular Hbond substituents is 2. The number of phenols is 2. The van der Waals surface area contributed by atoms with Crippen LogP contribution in [0.1, 0.15) is 29.3 Å². The molecule has 1 aromatic rings. The largest absolute Gasteiger partial charge is 0.507 e. The second-order valence-electron chi connectivity index (χ2n) is 6.36. The number of halogens is 1. The highest BCUT2D eigenvalue weighted by Gasteiger charge is 2.38. The standard InChI is InChI=1S/C19H20ClNO6/c1-10-7-16-15(27-16)6-4-3-5-11(21-25-2)8-12-17(19(24)26-10)13(22)9-14(23)18(12)20/h3-6,9-10,15-16,22-23H,7-8H2,1-2H3/b5-3+,6-4-,21-11-/t10-,15+,16+/m1/s1. The number of oxime groups is 1. The lowest BCUT2D eigenvalue weighted by Gasteiger charge is -2.17. The van der Waals surface area contributed by atoms with Crippen LogP contribution in [0.25, 0.3) is 0 Å². The van der Waals surface area contributed by atoms with Gasteiger partial charge in [-0.25, -0.2) is 4.79 Å². The fourth-order valence-electron chi connectivity index (χ4n) is 2.97. The fraction of sp³-hybridized carbons (Fsp3) is 0.368. The molecule has 1 aromatic carbocycles. The number of ether oxygens (including phenoxy) is 2. The van der Waals surface area contributed by atoms with Crippen molar-refractivity contribution in [2.24, 2.45) is 5.16 Å². The molecule has 2 N–H and O–H groups in total. The minimum absolute atomic E-state index is 0.0198. The Morgan fingerprint density at radius 2 is 2.07 bits per heavy atom. The highest BCUT2D eigenvalue weighted by atomic mass is 35.5. The molecular formula is C19H20ClNO6. The Labute approximate surface area is 161 Å². The molecule has 0 aromatic heterocycles. The van der Waals surface area contributed by atoms with Crippen molar-refractivity contribution in [1.29, 1.82) is 0 Å². The van der Waals surface area contributed by atoms with Gasteiger partial charge in [0.05, 0.1) is 16.8 Å². The number of benzene rings is 1. The monoisotopic (exact) mass is 393 g/mol. The number of esters is 1. The summed E-state index contributed by atoms with van der Waals surface area (Å²) >= 11 is 6.21. The Hall–Kier alpha value is -2.51. The number of cyclic esters (lactones) is 1. The molecule has 0 amide bonds. The van der Waals surface area contributed by atoms with Gasteiger partial charge in [-0.15, -0.1) is 0 Å². The molecule has 2 aliphatic rings. The molecule has 0 unspecified atom stereocenters. The summed E-state index contributed by atoms with van der Waals surface area (Å²) in [4.78, 5) is 17.5. The van der Waals surface area contributed by atoms with Crippen LogP contribution in [0.5, 0.6) is 11.5 Å².